The third-order valence-corrected chi connectivity index (χ3v) is 5.11. The molecular weight excluding hydrogens is 312 g/mol. The molecule has 0 bridgehead atoms. The van der Waals surface area contributed by atoms with Gasteiger partial charge >= 0.3 is 6.03 Å². The van der Waals surface area contributed by atoms with E-state index >= 15 is 0 Å². The summed E-state index contributed by atoms with van der Waals surface area (Å²) in [4.78, 5) is 20.9. The quantitative estimate of drug-likeness (QED) is 0.870. The SMILES string of the molecule is COCCNC(=O)N1CCN(c2nc3c(C)cccc3s2)CC1. The number of carbonyl (C=O) groups is 1. The van der Waals surface area contributed by atoms with Gasteiger partial charge in [-0.2, -0.15) is 0 Å². The van der Waals surface area contributed by atoms with Crippen LogP contribution in [0.15, 0.2) is 18.2 Å². The first-order valence-corrected chi connectivity index (χ1v) is 8.63. The van der Waals surface area contributed by atoms with E-state index in [2.05, 4.69) is 35.3 Å². The topological polar surface area (TPSA) is 57.7 Å². The van der Waals surface area contributed by atoms with Crippen molar-refractivity contribution >= 4 is 32.7 Å². The van der Waals surface area contributed by atoms with Crippen molar-refractivity contribution in [3.05, 3.63) is 23.8 Å². The van der Waals surface area contributed by atoms with Crippen LogP contribution < -0.4 is 10.2 Å². The number of rotatable bonds is 4. The number of thiazole rings is 1. The van der Waals surface area contributed by atoms with Gasteiger partial charge in [-0.3, -0.25) is 0 Å². The minimum atomic E-state index is -0.0122. The number of urea groups is 1. The molecule has 2 aromatic rings. The molecule has 3 rings (SSSR count). The molecule has 0 aliphatic carbocycles. The van der Waals surface area contributed by atoms with Crippen LogP contribution in [0.1, 0.15) is 5.56 Å². The van der Waals surface area contributed by atoms with Gasteiger partial charge in [-0.15, -0.1) is 0 Å². The summed E-state index contributed by atoms with van der Waals surface area (Å²) in [5.41, 5.74) is 2.30. The highest BCUT2D eigenvalue weighted by molar-refractivity contribution is 7.22. The van der Waals surface area contributed by atoms with E-state index in [1.807, 2.05) is 4.90 Å². The van der Waals surface area contributed by atoms with Gasteiger partial charge in [-0.05, 0) is 18.6 Å². The molecule has 0 saturated carbocycles. The summed E-state index contributed by atoms with van der Waals surface area (Å²) >= 11 is 1.72. The number of hydrogen-bond donors (Lipinski definition) is 1. The Morgan fingerprint density at radius 3 is 2.83 bits per heavy atom. The molecule has 124 valence electrons. The smallest absolute Gasteiger partial charge is 0.317 e. The number of nitrogens with zero attached hydrogens (tertiary/aromatic N) is 3. The standard InChI is InChI=1S/C16H22N4O2S/c1-12-4-3-5-13-14(12)18-16(23-13)20-9-7-19(8-10-20)15(21)17-6-11-22-2/h3-5H,6-11H2,1-2H3,(H,17,21). The van der Waals surface area contributed by atoms with E-state index in [9.17, 15) is 4.79 Å². The van der Waals surface area contributed by atoms with Gasteiger partial charge in [0.05, 0.1) is 16.8 Å². The van der Waals surface area contributed by atoms with Crippen molar-refractivity contribution in [3.8, 4) is 0 Å². The van der Waals surface area contributed by atoms with Gasteiger partial charge in [0.25, 0.3) is 0 Å². The number of ether oxygens (including phenoxy) is 1. The van der Waals surface area contributed by atoms with Crippen LogP contribution in [0.5, 0.6) is 0 Å². The molecule has 0 atom stereocenters. The number of anilines is 1. The van der Waals surface area contributed by atoms with Crippen molar-refractivity contribution in [2.24, 2.45) is 0 Å². The Morgan fingerprint density at radius 1 is 1.35 bits per heavy atom. The lowest BCUT2D eigenvalue weighted by molar-refractivity contribution is 0.177. The number of benzene rings is 1. The summed E-state index contributed by atoms with van der Waals surface area (Å²) < 4.78 is 6.17. The number of aromatic nitrogens is 1. The molecule has 1 aromatic carbocycles. The molecule has 1 aliphatic heterocycles. The number of para-hydroxylation sites is 1. The van der Waals surface area contributed by atoms with Gasteiger partial charge < -0.3 is 19.9 Å². The Kier molecular flexibility index (Phi) is 4.97. The van der Waals surface area contributed by atoms with E-state index in [1.54, 1.807) is 18.4 Å². The molecule has 6 nitrogen and oxygen atoms in total. The molecule has 2 heterocycles. The summed E-state index contributed by atoms with van der Waals surface area (Å²) in [7, 11) is 1.63. The minimum Gasteiger partial charge on any atom is -0.383 e. The Balaban J connectivity index is 1.59. The maximum Gasteiger partial charge on any atom is 0.317 e. The molecule has 7 heteroatoms. The first-order valence-electron chi connectivity index (χ1n) is 7.82. The molecule has 1 fully saturated rings. The van der Waals surface area contributed by atoms with Crippen LogP contribution in [0.3, 0.4) is 0 Å². The zero-order valence-corrected chi connectivity index (χ0v) is 14.4. The van der Waals surface area contributed by atoms with Crippen LogP contribution >= 0.6 is 11.3 Å². The number of amides is 2. The molecule has 1 N–H and O–H groups in total. The summed E-state index contributed by atoms with van der Waals surface area (Å²) in [5.74, 6) is 0. The Morgan fingerprint density at radius 2 is 2.13 bits per heavy atom. The van der Waals surface area contributed by atoms with Crippen molar-refractivity contribution in [2.45, 2.75) is 6.92 Å². The van der Waals surface area contributed by atoms with Crippen LogP contribution in [0, 0.1) is 6.92 Å². The summed E-state index contributed by atoms with van der Waals surface area (Å²) in [5, 5.41) is 3.92. The van der Waals surface area contributed by atoms with Crippen LogP contribution in [-0.2, 0) is 4.74 Å². The zero-order valence-electron chi connectivity index (χ0n) is 13.5. The van der Waals surface area contributed by atoms with E-state index < -0.39 is 0 Å². The van der Waals surface area contributed by atoms with Gasteiger partial charge in [0.1, 0.15) is 0 Å². The maximum atomic E-state index is 12.0. The predicted octanol–water partition coefficient (Wildman–Crippen LogP) is 2.08. The third-order valence-electron chi connectivity index (χ3n) is 4.03. The third kappa shape index (κ3) is 3.56. The van der Waals surface area contributed by atoms with Crippen LogP contribution in [-0.4, -0.2) is 62.4 Å². The molecule has 0 spiro atoms. The van der Waals surface area contributed by atoms with E-state index in [0.717, 1.165) is 23.7 Å². The fraction of sp³-hybridized carbons (Fsp3) is 0.500. The molecule has 1 saturated heterocycles. The lowest BCUT2D eigenvalue weighted by atomic mass is 10.2. The van der Waals surface area contributed by atoms with Crippen LogP contribution in [0.4, 0.5) is 9.93 Å². The molecule has 1 aromatic heterocycles. The first kappa shape index (κ1) is 16.0. The highest BCUT2D eigenvalue weighted by Gasteiger charge is 2.23. The molecule has 2 amide bonds. The monoisotopic (exact) mass is 334 g/mol. The normalized spacial score (nSPS) is 15.2. The highest BCUT2D eigenvalue weighted by atomic mass is 32.1. The summed E-state index contributed by atoms with van der Waals surface area (Å²) in [6.45, 7) is 6.24. The maximum absolute atomic E-state index is 12.0. The molecule has 0 radical (unpaired) electrons. The van der Waals surface area contributed by atoms with E-state index in [1.165, 1.54) is 10.3 Å². The summed E-state index contributed by atoms with van der Waals surface area (Å²) in [6.07, 6.45) is 0. The number of methoxy groups -OCH3 is 1. The number of nitrogens with one attached hydrogen (secondary N) is 1. The number of piperazine rings is 1. The van der Waals surface area contributed by atoms with Crippen molar-refractivity contribution in [3.63, 3.8) is 0 Å². The van der Waals surface area contributed by atoms with Gasteiger partial charge in [0.2, 0.25) is 0 Å². The van der Waals surface area contributed by atoms with Gasteiger partial charge in [-0.25, -0.2) is 9.78 Å². The van der Waals surface area contributed by atoms with Gasteiger partial charge in [0.15, 0.2) is 5.13 Å². The van der Waals surface area contributed by atoms with Crippen molar-refractivity contribution in [1.82, 2.24) is 15.2 Å². The molecule has 1 aliphatic rings. The number of carbonyl (C=O) groups excluding carboxylic acids is 1. The lowest BCUT2D eigenvalue weighted by Gasteiger charge is -2.34. The fourth-order valence-corrected chi connectivity index (χ4v) is 3.78. The molecule has 0 unspecified atom stereocenters. The first-order chi connectivity index (χ1) is 11.2. The second-order valence-corrected chi connectivity index (χ2v) is 6.63. The van der Waals surface area contributed by atoms with Crippen molar-refractivity contribution < 1.29 is 9.53 Å². The predicted molar refractivity (Wildman–Crippen MR) is 93.4 cm³/mol. The minimum absolute atomic E-state index is 0.0122. The van der Waals surface area contributed by atoms with E-state index in [-0.39, 0.29) is 6.03 Å². The fourth-order valence-electron chi connectivity index (χ4n) is 2.68. The lowest BCUT2D eigenvalue weighted by Crippen LogP contribution is -2.52. The van der Waals surface area contributed by atoms with Gasteiger partial charge in [0, 0.05) is 39.8 Å². The Bertz CT molecular complexity index is 680. The second-order valence-electron chi connectivity index (χ2n) is 5.62. The Labute approximate surface area is 140 Å². The molecule has 23 heavy (non-hydrogen) atoms. The van der Waals surface area contributed by atoms with Crippen molar-refractivity contribution in [2.75, 3.05) is 51.3 Å². The highest BCUT2D eigenvalue weighted by Crippen LogP contribution is 2.30. The second kappa shape index (κ2) is 7.14. The van der Waals surface area contributed by atoms with Crippen LogP contribution in [0.2, 0.25) is 0 Å². The molecular formula is C16H22N4O2S. The summed E-state index contributed by atoms with van der Waals surface area (Å²) in [6, 6.07) is 6.26. The van der Waals surface area contributed by atoms with Gasteiger partial charge in [-0.1, -0.05) is 23.5 Å². The number of fused-ring (bicyclic) bond motifs is 1. The Hall–Kier alpha value is -1.86. The largest absolute Gasteiger partial charge is 0.383 e. The average Bonchev–Trinajstić information content (AvgIpc) is 3.01. The number of aryl methyl sites for hydroxylation is 1. The zero-order chi connectivity index (χ0) is 16.2. The van der Waals surface area contributed by atoms with E-state index in [0.29, 0.717) is 26.2 Å². The average molecular weight is 334 g/mol. The van der Waals surface area contributed by atoms with E-state index in [4.69, 9.17) is 9.72 Å². The van der Waals surface area contributed by atoms with Crippen LogP contribution in [0.25, 0.3) is 10.2 Å². The number of hydrogen-bond acceptors (Lipinski definition) is 5. The van der Waals surface area contributed by atoms with Crippen molar-refractivity contribution in [1.29, 1.82) is 0 Å².